The standard InChI is InChI=1S/C22H23Cl2N5O3S/c1-4-29-20(13(2)25-21(31)14-5-8-16(32-3)9-6-14)27-28-22(29)33-12-19(30)26-18-10-7-15(23)11-17(18)24/h5-11,13H,4,12H2,1-3H3,(H,25,31)(H,26,30)/t13-/m0/s1. The van der Waals surface area contributed by atoms with E-state index in [1.807, 2.05) is 18.4 Å². The molecular formula is C22H23Cl2N5O3S. The van der Waals surface area contributed by atoms with Crippen molar-refractivity contribution in [2.75, 3.05) is 18.2 Å². The van der Waals surface area contributed by atoms with Crippen molar-refractivity contribution in [1.82, 2.24) is 20.1 Å². The van der Waals surface area contributed by atoms with Gasteiger partial charge in [-0.2, -0.15) is 0 Å². The molecule has 0 aliphatic rings. The topological polar surface area (TPSA) is 98.1 Å². The van der Waals surface area contributed by atoms with Crippen LogP contribution in [0.25, 0.3) is 0 Å². The number of hydrogen-bond acceptors (Lipinski definition) is 6. The molecule has 0 spiro atoms. The Hall–Kier alpha value is -2.75. The maximum absolute atomic E-state index is 12.6. The monoisotopic (exact) mass is 507 g/mol. The van der Waals surface area contributed by atoms with Crippen molar-refractivity contribution in [1.29, 1.82) is 0 Å². The van der Waals surface area contributed by atoms with E-state index >= 15 is 0 Å². The van der Waals surface area contributed by atoms with Crippen LogP contribution in [-0.4, -0.2) is 39.4 Å². The summed E-state index contributed by atoms with van der Waals surface area (Å²) >= 11 is 13.2. The molecule has 1 heterocycles. The van der Waals surface area contributed by atoms with Crippen LogP contribution in [0, 0.1) is 0 Å². The van der Waals surface area contributed by atoms with Crippen molar-refractivity contribution in [2.45, 2.75) is 31.6 Å². The number of methoxy groups -OCH3 is 1. The van der Waals surface area contributed by atoms with Gasteiger partial charge in [-0.15, -0.1) is 10.2 Å². The minimum absolute atomic E-state index is 0.115. The minimum Gasteiger partial charge on any atom is -0.497 e. The number of hydrogen-bond donors (Lipinski definition) is 2. The third kappa shape index (κ3) is 6.40. The predicted octanol–water partition coefficient (Wildman–Crippen LogP) is 4.84. The second kappa shape index (κ2) is 11.4. The maximum Gasteiger partial charge on any atom is 0.251 e. The second-order valence-electron chi connectivity index (χ2n) is 6.97. The van der Waals surface area contributed by atoms with Crippen LogP contribution in [0.4, 0.5) is 5.69 Å². The molecule has 0 aliphatic carbocycles. The van der Waals surface area contributed by atoms with Crippen molar-refractivity contribution < 1.29 is 14.3 Å². The number of amides is 2. The quantitative estimate of drug-likeness (QED) is 0.402. The summed E-state index contributed by atoms with van der Waals surface area (Å²) in [5, 5.41) is 15.6. The van der Waals surface area contributed by atoms with Gasteiger partial charge in [-0.3, -0.25) is 9.59 Å². The van der Waals surface area contributed by atoms with Crippen LogP contribution in [0.1, 0.15) is 36.1 Å². The number of thioether (sulfide) groups is 1. The van der Waals surface area contributed by atoms with Gasteiger partial charge in [-0.25, -0.2) is 0 Å². The van der Waals surface area contributed by atoms with Crippen molar-refractivity contribution in [3.8, 4) is 5.75 Å². The first-order chi connectivity index (χ1) is 15.8. The summed E-state index contributed by atoms with van der Waals surface area (Å²) in [4.78, 5) is 24.9. The third-order valence-corrected chi connectivity index (χ3v) is 6.20. The summed E-state index contributed by atoms with van der Waals surface area (Å²) in [5.41, 5.74) is 0.997. The van der Waals surface area contributed by atoms with E-state index in [4.69, 9.17) is 27.9 Å². The van der Waals surface area contributed by atoms with Gasteiger partial charge in [0.15, 0.2) is 11.0 Å². The Morgan fingerprint density at radius 1 is 1.15 bits per heavy atom. The average Bonchev–Trinajstić information content (AvgIpc) is 3.22. The zero-order valence-corrected chi connectivity index (χ0v) is 20.6. The van der Waals surface area contributed by atoms with E-state index in [2.05, 4.69) is 20.8 Å². The van der Waals surface area contributed by atoms with E-state index in [0.29, 0.717) is 44.6 Å². The minimum atomic E-state index is -0.386. The lowest BCUT2D eigenvalue weighted by Gasteiger charge is -2.15. The van der Waals surface area contributed by atoms with Crippen molar-refractivity contribution >= 4 is 52.5 Å². The SMILES string of the molecule is CCn1c(SCC(=O)Nc2ccc(Cl)cc2Cl)nnc1[C@H](C)NC(=O)c1ccc(OC)cc1. The summed E-state index contributed by atoms with van der Waals surface area (Å²) in [6.07, 6.45) is 0. The van der Waals surface area contributed by atoms with Crippen molar-refractivity contribution in [3.05, 3.63) is 63.9 Å². The fourth-order valence-corrected chi connectivity index (χ4v) is 4.28. The lowest BCUT2D eigenvalue weighted by atomic mass is 10.2. The normalized spacial score (nSPS) is 11.7. The van der Waals surface area contributed by atoms with Gasteiger partial charge in [-0.05, 0) is 56.3 Å². The molecule has 8 nitrogen and oxygen atoms in total. The smallest absolute Gasteiger partial charge is 0.251 e. The Labute approximate surface area is 206 Å². The molecule has 2 aromatic carbocycles. The van der Waals surface area contributed by atoms with Crippen LogP contribution < -0.4 is 15.4 Å². The van der Waals surface area contributed by atoms with Crippen LogP contribution in [-0.2, 0) is 11.3 Å². The fraction of sp³-hybridized carbons (Fsp3) is 0.273. The highest BCUT2D eigenvalue weighted by atomic mass is 35.5. The van der Waals surface area contributed by atoms with Gasteiger partial charge < -0.3 is 19.9 Å². The van der Waals surface area contributed by atoms with E-state index in [9.17, 15) is 9.59 Å². The summed E-state index contributed by atoms with van der Waals surface area (Å²) in [5.74, 6) is 0.919. The molecule has 3 rings (SSSR count). The number of anilines is 1. The zero-order valence-electron chi connectivity index (χ0n) is 18.3. The Morgan fingerprint density at radius 3 is 2.52 bits per heavy atom. The molecule has 2 N–H and O–H groups in total. The van der Waals surface area contributed by atoms with E-state index in [1.54, 1.807) is 49.6 Å². The Bertz CT molecular complexity index is 1140. The molecule has 0 fully saturated rings. The Kier molecular flexibility index (Phi) is 8.60. The fourth-order valence-electron chi connectivity index (χ4n) is 3.02. The molecule has 0 saturated heterocycles. The summed E-state index contributed by atoms with van der Waals surface area (Å²) in [6, 6.07) is 11.3. The van der Waals surface area contributed by atoms with Crippen LogP contribution >= 0.6 is 35.0 Å². The summed E-state index contributed by atoms with van der Waals surface area (Å²) in [6.45, 7) is 4.36. The van der Waals surface area contributed by atoms with Gasteiger partial charge in [0.1, 0.15) is 5.75 Å². The molecule has 1 aromatic heterocycles. The first-order valence-electron chi connectivity index (χ1n) is 10.1. The first-order valence-corrected chi connectivity index (χ1v) is 11.8. The molecule has 11 heteroatoms. The highest BCUT2D eigenvalue weighted by Gasteiger charge is 2.20. The van der Waals surface area contributed by atoms with Crippen molar-refractivity contribution in [2.24, 2.45) is 0 Å². The van der Waals surface area contributed by atoms with Crippen LogP contribution in [0.15, 0.2) is 47.6 Å². The van der Waals surface area contributed by atoms with Gasteiger partial charge in [0, 0.05) is 17.1 Å². The van der Waals surface area contributed by atoms with E-state index < -0.39 is 0 Å². The molecule has 33 heavy (non-hydrogen) atoms. The van der Waals surface area contributed by atoms with Gasteiger partial charge >= 0.3 is 0 Å². The number of halogens is 2. The predicted molar refractivity (Wildman–Crippen MR) is 130 cm³/mol. The molecule has 174 valence electrons. The highest BCUT2D eigenvalue weighted by molar-refractivity contribution is 7.99. The molecule has 0 unspecified atom stereocenters. The van der Waals surface area contributed by atoms with E-state index in [-0.39, 0.29) is 23.6 Å². The highest BCUT2D eigenvalue weighted by Crippen LogP contribution is 2.26. The average molecular weight is 508 g/mol. The lowest BCUT2D eigenvalue weighted by molar-refractivity contribution is -0.113. The van der Waals surface area contributed by atoms with E-state index in [0.717, 1.165) is 0 Å². The molecule has 3 aromatic rings. The van der Waals surface area contributed by atoms with E-state index in [1.165, 1.54) is 11.8 Å². The Morgan fingerprint density at radius 2 is 1.88 bits per heavy atom. The lowest BCUT2D eigenvalue weighted by Crippen LogP contribution is -2.28. The van der Waals surface area contributed by atoms with Gasteiger partial charge in [0.05, 0.1) is 29.6 Å². The number of ether oxygens (including phenoxy) is 1. The molecule has 1 atom stereocenters. The largest absolute Gasteiger partial charge is 0.497 e. The first kappa shape index (κ1) is 24.9. The number of aromatic nitrogens is 3. The maximum atomic E-state index is 12.6. The number of carbonyl (C=O) groups excluding carboxylic acids is 2. The molecular weight excluding hydrogens is 485 g/mol. The molecule has 0 aliphatic heterocycles. The summed E-state index contributed by atoms with van der Waals surface area (Å²) in [7, 11) is 1.57. The number of rotatable bonds is 9. The number of carbonyl (C=O) groups is 2. The number of nitrogens with one attached hydrogen (secondary N) is 2. The number of benzene rings is 2. The van der Waals surface area contributed by atoms with Crippen LogP contribution in [0.5, 0.6) is 5.75 Å². The zero-order chi connectivity index (χ0) is 24.0. The third-order valence-electron chi connectivity index (χ3n) is 4.69. The van der Waals surface area contributed by atoms with Crippen LogP contribution in [0.2, 0.25) is 10.0 Å². The van der Waals surface area contributed by atoms with Crippen LogP contribution in [0.3, 0.4) is 0 Å². The second-order valence-corrected chi connectivity index (χ2v) is 8.76. The number of nitrogens with zero attached hydrogens (tertiary/aromatic N) is 3. The van der Waals surface area contributed by atoms with Gasteiger partial charge in [0.25, 0.3) is 5.91 Å². The summed E-state index contributed by atoms with van der Waals surface area (Å²) < 4.78 is 6.99. The van der Waals surface area contributed by atoms with Crippen molar-refractivity contribution in [3.63, 3.8) is 0 Å². The molecule has 0 radical (unpaired) electrons. The molecule has 0 bridgehead atoms. The molecule has 2 amide bonds. The van der Waals surface area contributed by atoms with Gasteiger partial charge in [0.2, 0.25) is 5.91 Å². The Balaban J connectivity index is 1.62. The van der Waals surface area contributed by atoms with Gasteiger partial charge in [-0.1, -0.05) is 35.0 Å². The molecule has 0 saturated carbocycles.